The number of carbonyl (C=O) groups is 2. The van der Waals surface area contributed by atoms with E-state index in [1.807, 2.05) is 24.3 Å². The molecule has 1 aliphatic rings. The summed E-state index contributed by atoms with van der Waals surface area (Å²) in [5.74, 6) is 0.0108. The lowest BCUT2D eigenvalue weighted by molar-refractivity contribution is -0.149. The summed E-state index contributed by atoms with van der Waals surface area (Å²) in [4.78, 5) is 34.2. The predicted molar refractivity (Wildman–Crippen MR) is 126 cm³/mol. The molecule has 1 aromatic heterocycles. The standard InChI is InChI=1S/C24H31N5O5/c1-2-33-23(31)16-32-14-17-6-8-29(9-7-17)24-27-12-20(13-28-24)19-5-3-4-18(10-19)15-34-22(30)11-21(25)26/h3-5,10,12-13,17H,2,6-9,11,14-16H2,1H3,(H3,25,26). The summed E-state index contributed by atoms with van der Waals surface area (Å²) in [6.45, 7) is 4.45. The normalized spacial score (nSPS) is 14.0. The zero-order valence-corrected chi connectivity index (χ0v) is 19.4. The van der Waals surface area contributed by atoms with Crippen molar-refractivity contribution in [3.8, 4) is 11.1 Å². The van der Waals surface area contributed by atoms with Crippen molar-refractivity contribution >= 4 is 23.7 Å². The second-order valence-electron chi connectivity index (χ2n) is 8.09. The number of rotatable bonds is 11. The van der Waals surface area contributed by atoms with Crippen LogP contribution in [0.3, 0.4) is 0 Å². The molecule has 34 heavy (non-hydrogen) atoms. The molecule has 1 saturated heterocycles. The van der Waals surface area contributed by atoms with E-state index in [0.717, 1.165) is 42.6 Å². The number of hydrogen-bond donors (Lipinski definition) is 2. The average molecular weight is 470 g/mol. The SMILES string of the molecule is CCOC(=O)COCC1CCN(c2ncc(-c3cccc(COC(=O)CC(=N)N)c3)cn2)CC1. The minimum absolute atomic E-state index is 0.000670. The van der Waals surface area contributed by atoms with Gasteiger partial charge in [0.1, 0.15) is 25.5 Å². The Labute approximate surface area is 198 Å². The van der Waals surface area contributed by atoms with Crippen LogP contribution in [0.2, 0.25) is 0 Å². The van der Waals surface area contributed by atoms with Gasteiger partial charge in [-0.2, -0.15) is 0 Å². The van der Waals surface area contributed by atoms with Gasteiger partial charge in [0.25, 0.3) is 0 Å². The van der Waals surface area contributed by atoms with Gasteiger partial charge in [-0.05, 0) is 42.9 Å². The molecular weight excluding hydrogens is 438 g/mol. The first-order valence-electron chi connectivity index (χ1n) is 11.3. The second kappa shape index (κ2) is 12.6. The highest BCUT2D eigenvalue weighted by Crippen LogP contribution is 2.24. The third kappa shape index (κ3) is 7.80. The van der Waals surface area contributed by atoms with Crippen LogP contribution < -0.4 is 10.6 Å². The number of nitrogens with two attached hydrogens (primary N) is 1. The van der Waals surface area contributed by atoms with Gasteiger partial charge >= 0.3 is 11.9 Å². The topological polar surface area (TPSA) is 141 Å². The molecule has 0 aliphatic carbocycles. The van der Waals surface area contributed by atoms with Crippen molar-refractivity contribution in [3.05, 3.63) is 42.2 Å². The molecule has 1 fully saturated rings. The van der Waals surface area contributed by atoms with Crippen LogP contribution in [0.15, 0.2) is 36.7 Å². The molecular formula is C24H31N5O5. The molecule has 1 aliphatic heterocycles. The number of nitrogens with zero attached hydrogens (tertiary/aromatic N) is 3. The summed E-state index contributed by atoms with van der Waals surface area (Å²) in [5.41, 5.74) is 7.83. The quantitative estimate of drug-likeness (QED) is 0.288. The lowest BCUT2D eigenvalue weighted by atomic mass is 9.98. The van der Waals surface area contributed by atoms with Crippen LogP contribution in [0.4, 0.5) is 5.95 Å². The van der Waals surface area contributed by atoms with Crippen LogP contribution in [-0.2, 0) is 30.4 Å². The minimum Gasteiger partial charge on any atom is -0.464 e. The molecule has 3 rings (SSSR count). The van der Waals surface area contributed by atoms with Crippen LogP contribution >= 0.6 is 0 Å². The maximum absolute atomic E-state index is 11.6. The molecule has 2 heterocycles. The lowest BCUT2D eigenvalue weighted by Crippen LogP contribution is -2.36. The molecule has 10 nitrogen and oxygen atoms in total. The van der Waals surface area contributed by atoms with Crippen LogP contribution in [-0.4, -0.2) is 60.7 Å². The van der Waals surface area contributed by atoms with Crippen LogP contribution in [0, 0.1) is 11.3 Å². The van der Waals surface area contributed by atoms with E-state index in [-0.39, 0.29) is 31.4 Å². The maximum atomic E-state index is 11.6. The highest BCUT2D eigenvalue weighted by atomic mass is 16.6. The zero-order chi connectivity index (χ0) is 24.3. The van der Waals surface area contributed by atoms with E-state index in [0.29, 0.717) is 25.1 Å². The molecule has 10 heteroatoms. The molecule has 182 valence electrons. The van der Waals surface area contributed by atoms with E-state index < -0.39 is 5.97 Å². The number of esters is 2. The van der Waals surface area contributed by atoms with Crippen molar-refractivity contribution in [1.29, 1.82) is 5.41 Å². The summed E-state index contributed by atoms with van der Waals surface area (Å²) < 4.78 is 15.5. The first-order chi connectivity index (χ1) is 16.4. The lowest BCUT2D eigenvalue weighted by Gasteiger charge is -2.31. The van der Waals surface area contributed by atoms with Gasteiger partial charge in [-0.25, -0.2) is 14.8 Å². The fourth-order valence-corrected chi connectivity index (χ4v) is 3.66. The number of ether oxygens (including phenoxy) is 3. The first-order valence-corrected chi connectivity index (χ1v) is 11.3. The van der Waals surface area contributed by atoms with Crippen LogP contribution in [0.1, 0.15) is 31.7 Å². The van der Waals surface area contributed by atoms with Gasteiger partial charge in [-0.3, -0.25) is 10.2 Å². The summed E-state index contributed by atoms with van der Waals surface area (Å²) in [6, 6.07) is 7.61. The molecule has 1 aromatic carbocycles. The number of nitrogens with one attached hydrogen (secondary N) is 1. The number of benzene rings is 1. The Morgan fingerprint density at radius 3 is 2.53 bits per heavy atom. The fourth-order valence-electron chi connectivity index (χ4n) is 3.66. The first kappa shape index (κ1) is 25.1. The zero-order valence-electron chi connectivity index (χ0n) is 19.4. The second-order valence-corrected chi connectivity index (χ2v) is 8.09. The Balaban J connectivity index is 1.48. The van der Waals surface area contributed by atoms with Crippen LogP contribution in [0.5, 0.6) is 0 Å². The Bertz CT molecular complexity index is 974. The fraction of sp³-hybridized carbons (Fsp3) is 0.458. The number of piperidine rings is 1. The van der Waals surface area contributed by atoms with E-state index in [1.54, 1.807) is 19.3 Å². The van der Waals surface area contributed by atoms with E-state index in [1.165, 1.54) is 0 Å². The number of anilines is 1. The van der Waals surface area contributed by atoms with Crippen LogP contribution in [0.25, 0.3) is 11.1 Å². The summed E-state index contributed by atoms with van der Waals surface area (Å²) in [7, 11) is 0. The molecule has 0 amide bonds. The molecule has 0 atom stereocenters. The van der Waals surface area contributed by atoms with Crippen molar-refractivity contribution in [2.24, 2.45) is 11.7 Å². The molecule has 0 unspecified atom stereocenters. The Morgan fingerprint density at radius 2 is 1.85 bits per heavy atom. The van der Waals surface area contributed by atoms with E-state index in [9.17, 15) is 9.59 Å². The highest BCUT2D eigenvalue weighted by Gasteiger charge is 2.21. The molecule has 0 saturated carbocycles. The van der Waals surface area contributed by atoms with Gasteiger partial charge in [-0.1, -0.05) is 18.2 Å². The molecule has 2 aromatic rings. The molecule has 0 bridgehead atoms. The smallest absolute Gasteiger partial charge is 0.332 e. The third-order valence-electron chi connectivity index (χ3n) is 5.41. The molecule has 0 spiro atoms. The van der Waals surface area contributed by atoms with Gasteiger partial charge in [0.05, 0.1) is 13.2 Å². The largest absolute Gasteiger partial charge is 0.464 e. The van der Waals surface area contributed by atoms with Crippen molar-refractivity contribution in [2.75, 3.05) is 37.8 Å². The van der Waals surface area contributed by atoms with E-state index >= 15 is 0 Å². The van der Waals surface area contributed by atoms with Gasteiger partial charge in [0.2, 0.25) is 5.95 Å². The van der Waals surface area contributed by atoms with Gasteiger partial charge in [-0.15, -0.1) is 0 Å². The van der Waals surface area contributed by atoms with E-state index in [2.05, 4.69) is 14.9 Å². The summed E-state index contributed by atoms with van der Waals surface area (Å²) in [5, 5.41) is 7.15. The van der Waals surface area contributed by atoms with Gasteiger partial charge in [0, 0.05) is 31.0 Å². The Morgan fingerprint density at radius 1 is 1.12 bits per heavy atom. The maximum Gasteiger partial charge on any atom is 0.332 e. The number of amidine groups is 1. The van der Waals surface area contributed by atoms with Gasteiger partial charge < -0.3 is 24.8 Å². The van der Waals surface area contributed by atoms with Crippen molar-refractivity contribution in [2.45, 2.75) is 32.8 Å². The predicted octanol–water partition coefficient (Wildman–Crippen LogP) is 2.31. The Hall–Kier alpha value is -3.53. The molecule has 0 radical (unpaired) electrons. The van der Waals surface area contributed by atoms with Crippen molar-refractivity contribution in [1.82, 2.24) is 9.97 Å². The summed E-state index contributed by atoms with van der Waals surface area (Å²) >= 11 is 0. The number of carbonyl (C=O) groups excluding carboxylic acids is 2. The van der Waals surface area contributed by atoms with Crippen molar-refractivity contribution in [3.63, 3.8) is 0 Å². The monoisotopic (exact) mass is 469 g/mol. The summed E-state index contributed by atoms with van der Waals surface area (Å²) in [6.07, 6.45) is 5.25. The number of aromatic nitrogens is 2. The molecule has 3 N–H and O–H groups in total. The average Bonchev–Trinajstić information content (AvgIpc) is 2.83. The number of hydrogen-bond acceptors (Lipinski definition) is 9. The Kier molecular flexibility index (Phi) is 9.33. The van der Waals surface area contributed by atoms with E-state index in [4.69, 9.17) is 25.4 Å². The van der Waals surface area contributed by atoms with Gasteiger partial charge in [0.15, 0.2) is 0 Å². The third-order valence-corrected chi connectivity index (χ3v) is 5.41. The van der Waals surface area contributed by atoms with Crippen molar-refractivity contribution < 1.29 is 23.8 Å². The highest BCUT2D eigenvalue weighted by molar-refractivity contribution is 5.94. The minimum atomic E-state index is -0.528.